The van der Waals surface area contributed by atoms with E-state index in [-0.39, 0.29) is 5.56 Å². The van der Waals surface area contributed by atoms with Crippen molar-refractivity contribution in [3.63, 3.8) is 0 Å². The van der Waals surface area contributed by atoms with Crippen molar-refractivity contribution >= 4 is 5.78 Å². The van der Waals surface area contributed by atoms with Crippen LogP contribution < -0.4 is 0 Å². The van der Waals surface area contributed by atoms with E-state index in [1.807, 2.05) is 0 Å². The zero-order valence-corrected chi connectivity index (χ0v) is 5.70. The van der Waals surface area contributed by atoms with E-state index in [0.29, 0.717) is 0 Å². The third-order valence-electron chi connectivity index (χ3n) is 1.27. The van der Waals surface area contributed by atoms with Crippen molar-refractivity contribution in [3.8, 4) is 0 Å². The molecule has 1 aromatic carbocycles. The van der Waals surface area contributed by atoms with E-state index in [2.05, 4.69) is 0 Å². The molecule has 1 unspecified atom stereocenters. The lowest BCUT2D eigenvalue weighted by Gasteiger charge is -1.98. The fourth-order valence-electron chi connectivity index (χ4n) is 0.740. The summed E-state index contributed by atoms with van der Waals surface area (Å²) >= 11 is 0. The van der Waals surface area contributed by atoms with Crippen LogP contribution >= 0.6 is 0 Å². The van der Waals surface area contributed by atoms with Gasteiger partial charge in [0, 0.05) is 5.56 Å². The summed E-state index contributed by atoms with van der Waals surface area (Å²) in [4.78, 5) is 10.7. The highest BCUT2D eigenvalue weighted by Gasteiger charge is 2.14. The number of hydrogen-bond acceptors (Lipinski definition) is 2. The van der Waals surface area contributed by atoms with Crippen molar-refractivity contribution in [1.82, 2.24) is 0 Å². The Hall–Kier alpha value is -1.22. The maximum atomic E-state index is 12.0. The van der Waals surface area contributed by atoms with Crippen molar-refractivity contribution in [2.75, 3.05) is 0 Å². The number of benzene rings is 1. The molecule has 0 aromatic heterocycles. The van der Waals surface area contributed by atoms with Gasteiger partial charge < -0.3 is 5.11 Å². The van der Waals surface area contributed by atoms with Crippen LogP contribution in [-0.2, 0) is 0 Å². The summed E-state index contributed by atoms with van der Waals surface area (Å²) in [6, 6.07) is 7.82. The van der Waals surface area contributed by atoms with E-state index >= 15 is 0 Å². The molecule has 0 fully saturated rings. The lowest BCUT2D eigenvalue weighted by Crippen LogP contribution is -2.14. The fraction of sp³-hybridized carbons (Fsp3) is 0.125. The molecular formula is C8H7FO2. The van der Waals surface area contributed by atoms with Crippen molar-refractivity contribution < 1.29 is 14.3 Å². The second kappa shape index (κ2) is 3.25. The van der Waals surface area contributed by atoms with E-state index in [9.17, 15) is 9.18 Å². The summed E-state index contributed by atoms with van der Waals surface area (Å²) in [6.45, 7) is 0. The average Bonchev–Trinajstić information content (AvgIpc) is 2.05. The van der Waals surface area contributed by atoms with Gasteiger partial charge in [-0.15, -0.1) is 0 Å². The number of Topliss-reactive ketones (excluding diaryl/α,β-unsaturated/α-hetero) is 1. The van der Waals surface area contributed by atoms with Gasteiger partial charge in [-0.25, -0.2) is 4.39 Å². The summed E-state index contributed by atoms with van der Waals surface area (Å²) in [5, 5.41) is 8.26. The molecule has 58 valence electrons. The summed E-state index contributed by atoms with van der Waals surface area (Å²) in [5.74, 6) is -0.898. The molecule has 0 bridgehead atoms. The first kappa shape index (κ1) is 7.88. The van der Waals surface area contributed by atoms with Gasteiger partial charge in [-0.2, -0.15) is 0 Å². The van der Waals surface area contributed by atoms with E-state index < -0.39 is 12.1 Å². The highest BCUT2D eigenvalue weighted by Crippen LogP contribution is 2.03. The van der Waals surface area contributed by atoms with E-state index in [1.54, 1.807) is 18.2 Å². The van der Waals surface area contributed by atoms with Gasteiger partial charge in [0.1, 0.15) is 0 Å². The summed E-state index contributed by atoms with van der Waals surface area (Å²) in [6.07, 6.45) is -2.41. The molecule has 0 saturated carbocycles. The highest BCUT2D eigenvalue weighted by molar-refractivity contribution is 5.98. The van der Waals surface area contributed by atoms with Gasteiger partial charge in [-0.1, -0.05) is 30.3 Å². The molecule has 0 saturated heterocycles. The normalized spacial score (nSPS) is 12.5. The first-order valence-corrected chi connectivity index (χ1v) is 3.13. The number of carbonyl (C=O) groups is 1. The number of aliphatic hydroxyl groups is 1. The Morgan fingerprint density at radius 2 is 1.91 bits per heavy atom. The van der Waals surface area contributed by atoms with Gasteiger partial charge in [-0.05, 0) is 0 Å². The minimum Gasteiger partial charge on any atom is -0.358 e. The second-order valence-corrected chi connectivity index (χ2v) is 2.07. The smallest absolute Gasteiger partial charge is 0.260 e. The maximum absolute atomic E-state index is 12.0. The number of alkyl halides is 1. The molecule has 0 amide bonds. The van der Waals surface area contributed by atoms with Gasteiger partial charge in [0.2, 0.25) is 5.78 Å². The SMILES string of the molecule is O=C(c1ccccc1)C(O)F. The van der Waals surface area contributed by atoms with Crippen LogP contribution in [0.4, 0.5) is 4.39 Å². The molecule has 0 aliphatic heterocycles. The van der Waals surface area contributed by atoms with Crippen LogP contribution in [0.3, 0.4) is 0 Å². The van der Waals surface area contributed by atoms with Crippen molar-refractivity contribution in [2.45, 2.75) is 6.36 Å². The minimum absolute atomic E-state index is 0.183. The highest BCUT2D eigenvalue weighted by atomic mass is 19.1. The fourth-order valence-corrected chi connectivity index (χ4v) is 0.740. The Kier molecular flexibility index (Phi) is 2.33. The molecule has 3 heteroatoms. The van der Waals surface area contributed by atoms with Gasteiger partial charge in [0.05, 0.1) is 0 Å². The summed E-state index contributed by atoms with van der Waals surface area (Å²) in [7, 11) is 0. The molecule has 11 heavy (non-hydrogen) atoms. The Labute approximate surface area is 63.3 Å². The Bertz CT molecular complexity index is 244. The second-order valence-electron chi connectivity index (χ2n) is 2.07. The van der Waals surface area contributed by atoms with Crippen molar-refractivity contribution in [1.29, 1.82) is 0 Å². The maximum Gasteiger partial charge on any atom is 0.260 e. The van der Waals surface area contributed by atoms with E-state index in [0.717, 1.165) is 0 Å². The van der Waals surface area contributed by atoms with Crippen LogP contribution in [0.2, 0.25) is 0 Å². The average molecular weight is 154 g/mol. The molecule has 0 aliphatic rings. The summed E-state index contributed by atoms with van der Waals surface area (Å²) < 4.78 is 12.0. The van der Waals surface area contributed by atoms with Crippen molar-refractivity contribution in [3.05, 3.63) is 35.9 Å². The molecule has 0 radical (unpaired) electrons. The molecule has 0 spiro atoms. The Balaban J connectivity index is 2.86. The number of hydrogen-bond donors (Lipinski definition) is 1. The molecule has 1 aromatic rings. The predicted octanol–water partition coefficient (Wildman–Crippen LogP) is 1.16. The number of carbonyl (C=O) groups excluding carboxylic acids is 1. The summed E-state index contributed by atoms with van der Waals surface area (Å²) in [5.41, 5.74) is 0.183. The topological polar surface area (TPSA) is 37.3 Å². The quantitative estimate of drug-likeness (QED) is 0.649. The number of rotatable bonds is 2. The molecule has 1 N–H and O–H groups in total. The molecule has 0 heterocycles. The van der Waals surface area contributed by atoms with Crippen LogP contribution in [0.15, 0.2) is 30.3 Å². The number of ketones is 1. The van der Waals surface area contributed by atoms with Crippen molar-refractivity contribution in [2.24, 2.45) is 0 Å². The first-order chi connectivity index (χ1) is 5.22. The monoisotopic (exact) mass is 154 g/mol. The van der Waals surface area contributed by atoms with Gasteiger partial charge in [0.15, 0.2) is 0 Å². The molecular weight excluding hydrogens is 147 g/mol. The molecule has 0 aliphatic carbocycles. The third-order valence-corrected chi connectivity index (χ3v) is 1.27. The van der Waals surface area contributed by atoms with Crippen LogP contribution in [0.1, 0.15) is 10.4 Å². The first-order valence-electron chi connectivity index (χ1n) is 3.13. The van der Waals surface area contributed by atoms with Crippen LogP contribution in [0.5, 0.6) is 0 Å². The Morgan fingerprint density at radius 3 is 2.36 bits per heavy atom. The van der Waals surface area contributed by atoms with Gasteiger partial charge in [0.25, 0.3) is 6.36 Å². The van der Waals surface area contributed by atoms with Crippen LogP contribution in [-0.4, -0.2) is 17.2 Å². The van der Waals surface area contributed by atoms with E-state index in [1.165, 1.54) is 12.1 Å². The minimum atomic E-state index is -2.41. The lowest BCUT2D eigenvalue weighted by molar-refractivity contribution is 0.0332. The largest absolute Gasteiger partial charge is 0.358 e. The molecule has 2 nitrogen and oxygen atoms in total. The lowest BCUT2D eigenvalue weighted by atomic mass is 10.1. The predicted molar refractivity (Wildman–Crippen MR) is 37.9 cm³/mol. The zero-order valence-electron chi connectivity index (χ0n) is 5.70. The standard InChI is InChI=1S/C8H7FO2/c9-8(11)7(10)6-4-2-1-3-5-6/h1-5,8,11H. The van der Waals surface area contributed by atoms with E-state index in [4.69, 9.17) is 5.11 Å². The zero-order chi connectivity index (χ0) is 8.27. The molecule has 1 atom stereocenters. The molecule has 1 rings (SSSR count). The number of aliphatic hydroxyl groups excluding tert-OH is 1. The van der Waals surface area contributed by atoms with Crippen LogP contribution in [0, 0.1) is 0 Å². The van der Waals surface area contributed by atoms with Gasteiger partial charge >= 0.3 is 0 Å². The van der Waals surface area contributed by atoms with Gasteiger partial charge in [-0.3, -0.25) is 4.79 Å². The third kappa shape index (κ3) is 1.85. The Morgan fingerprint density at radius 1 is 1.36 bits per heavy atom. The van der Waals surface area contributed by atoms with Crippen LogP contribution in [0.25, 0.3) is 0 Å². The number of halogens is 1.